The second-order valence-electron chi connectivity index (χ2n) is 4.58. The molecule has 0 aliphatic carbocycles. The van der Waals surface area contributed by atoms with Crippen LogP contribution in [0.5, 0.6) is 0 Å². The summed E-state index contributed by atoms with van der Waals surface area (Å²) >= 11 is 6.12. The minimum Gasteiger partial charge on any atom is -0.243 e. The Bertz CT molecular complexity index is 768. The lowest BCUT2D eigenvalue weighted by atomic mass is 10.0. The fourth-order valence-corrected chi connectivity index (χ4v) is 2.29. The van der Waals surface area contributed by atoms with Crippen LogP contribution in [0.25, 0.3) is 22.3 Å². The molecule has 0 aliphatic heterocycles. The van der Waals surface area contributed by atoms with E-state index in [2.05, 4.69) is 4.98 Å². The van der Waals surface area contributed by atoms with E-state index in [1.54, 1.807) is 30.5 Å². The van der Waals surface area contributed by atoms with E-state index in [4.69, 9.17) is 11.6 Å². The van der Waals surface area contributed by atoms with E-state index in [1.165, 1.54) is 24.3 Å². The van der Waals surface area contributed by atoms with Gasteiger partial charge in [-0.05, 0) is 41.5 Å². The summed E-state index contributed by atoms with van der Waals surface area (Å²) in [6.45, 7) is 0. The van der Waals surface area contributed by atoms with Crippen LogP contribution in [-0.4, -0.2) is 4.98 Å². The molecule has 1 heterocycles. The summed E-state index contributed by atoms with van der Waals surface area (Å²) in [5.41, 5.74) is 3.14. The van der Waals surface area contributed by atoms with Gasteiger partial charge in [0.1, 0.15) is 16.8 Å². The molecule has 4 heteroatoms. The Kier molecular flexibility index (Phi) is 3.67. The molecule has 0 aliphatic rings. The summed E-state index contributed by atoms with van der Waals surface area (Å²) < 4.78 is 26.0. The standard InChI is InChI=1S/C17H10ClF2N/c18-17-16(12-3-7-15(20)8-4-12)9-13(10-21-17)11-1-5-14(19)6-2-11/h1-10H. The SMILES string of the molecule is Fc1ccc(-c2cnc(Cl)c(-c3ccc(F)cc3)c2)cc1. The van der Waals surface area contributed by atoms with Gasteiger partial charge in [-0.3, -0.25) is 0 Å². The average molecular weight is 302 g/mol. The van der Waals surface area contributed by atoms with Crippen molar-refractivity contribution in [3.63, 3.8) is 0 Å². The number of benzene rings is 2. The van der Waals surface area contributed by atoms with Crippen molar-refractivity contribution in [3.05, 3.63) is 77.6 Å². The molecule has 0 saturated heterocycles. The van der Waals surface area contributed by atoms with E-state index in [0.29, 0.717) is 10.7 Å². The Balaban J connectivity index is 2.07. The van der Waals surface area contributed by atoms with Gasteiger partial charge in [0.15, 0.2) is 0 Å². The highest BCUT2D eigenvalue weighted by Gasteiger charge is 2.08. The summed E-state index contributed by atoms with van der Waals surface area (Å²) in [4.78, 5) is 4.15. The van der Waals surface area contributed by atoms with Gasteiger partial charge in [-0.25, -0.2) is 13.8 Å². The number of rotatable bonds is 2. The van der Waals surface area contributed by atoms with Gasteiger partial charge in [0.05, 0.1) is 0 Å². The van der Waals surface area contributed by atoms with Crippen LogP contribution in [0.1, 0.15) is 0 Å². The van der Waals surface area contributed by atoms with E-state index in [-0.39, 0.29) is 11.6 Å². The van der Waals surface area contributed by atoms with Gasteiger partial charge in [0.25, 0.3) is 0 Å². The molecule has 1 aromatic heterocycles. The zero-order valence-electron chi connectivity index (χ0n) is 10.9. The topological polar surface area (TPSA) is 12.9 Å². The summed E-state index contributed by atoms with van der Waals surface area (Å²) in [5, 5.41) is 0.340. The molecule has 2 aromatic carbocycles. The molecular weight excluding hydrogens is 292 g/mol. The third-order valence-electron chi connectivity index (χ3n) is 3.17. The highest BCUT2D eigenvalue weighted by Crippen LogP contribution is 2.30. The molecule has 0 fully saturated rings. The molecule has 104 valence electrons. The molecule has 0 unspecified atom stereocenters. The Hall–Kier alpha value is -2.26. The smallest absolute Gasteiger partial charge is 0.136 e. The predicted molar refractivity (Wildman–Crippen MR) is 80.0 cm³/mol. The zero-order chi connectivity index (χ0) is 14.8. The number of nitrogens with zero attached hydrogens (tertiary/aromatic N) is 1. The summed E-state index contributed by atoms with van der Waals surface area (Å²) in [6.07, 6.45) is 1.63. The third kappa shape index (κ3) is 2.93. The lowest BCUT2D eigenvalue weighted by Gasteiger charge is -2.08. The molecule has 0 amide bonds. The minimum absolute atomic E-state index is 0.292. The van der Waals surface area contributed by atoms with E-state index in [0.717, 1.165) is 16.7 Å². The first-order valence-corrected chi connectivity index (χ1v) is 6.69. The monoisotopic (exact) mass is 301 g/mol. The molecular formula is C17H10ClF2N. The lowest BCUT2D eigenvalue weighted by Crippen LogP contribution is -1.87. The molecule has 1 nitrogen and oxygen atoms in total. The van der Waals surface area contributed by atoms with Crippen molar-refractivity contribution in [2.45, 2.75) is 0 Å². The molecule has 0 atom stereocenters. The average Bonchev–Trinajstić information content (AvgIpc) is 2.50. The van der Waals surface area contributed by atoms with Gasteiger partial charge in [0.2, 0.25) is 0 Å². The van der Waals surface area contributed by atoms with Gasteiger partial charge < -0.3 is 0 Å². The maximum atomic E-state index is 13.0. The molecule has 3 aromatic rings. The number of halogens is 3. The Labute approximate surface area is 125 Å². The maximum Gasteiger partial charge on any atom is 0.136 e. The molecule has 21 heavy (non-hydrogen) atoms. The van der Waals surface area contributed by atoms with Crippen LogP contribution in [0.2, 0.25) is 5.15 Å². The van der Waals surface area contributed by atoms with Crippen LogP contribution < -0.4 is 0 Å². The molecule has 0 spiro atoms. The fourth-order valence-electron chi connectivity index (χ4n) is 2.08. The molecule has 0 radical (unpaired) electrons. The van der Waals surface area contributed by atoms with Crippen molar-refractivity contribution < 1.29 is 8.78 Å². The molecule has 0 N–H and O–H groups in total. The second kappa shape index (κ2) is 5.62. The first kappa shape index (κ1) is 13.7. The minimum atomic E-state index is -0.308. The fraction of sp³-hybridized carbons (Fsp3) is 0. The molecule has 3 rings (SSSR count). The predicted octanol–water partition coefficient (Wildman–Crippen LogP) is 5.35. The van der Waals surface area contributed by atoms with Crippen molar-refractivity contribution in [3.8, 4) is 22.3 Å². The van der Waals surface area contributed by atoms with Crippen LogP contribution in [0.15, 0.2) is 60.8 Å². The van der Waals surface area contributed by atoms with Gasteiger partial charge in [-0.2, -0.15) is 0 Å². The van der Waals surface area contributed by atoms with Crippen molar-refractivity contribution in [2.24, 2.45) is 0 Å². The Morgan fingerprint density at radius 2 is 1.24 bits per heavy atom. The highest BCUT2D eigenvalue weighted by atomic mass is 35.5. The van der Waals surface area contributed by atoms with Gasteiger partial charge >= 0.3 is 0 Å². The van der Waals surface area contributed by atoms with Gasteiger partial charge in [-0.1, -0.05) is 35.9 Å². The highest BCUT2D eigenvalue weighted by molar-refractivity contribution is 6.32. The third-order valence-corrected chi connectivity index (χ3v) is 3.47. The number of hydrogen-bond donors (Lipinski definition) is 0. The van der Waals surface area contributed by atoms with Crippen LogP contribution in [0.4, 0.5) is 8.78 Å². The zero-order valence-corrected chi connectivity index (χ0v) is 11.6. The van der Waals surface area contributed by atoms with Crippen LogP contribution in [-0.2, 0) is 0 Å². The number of aromatic nitrogens is 1. The van der Waals surface area contributed by atoms with E-state index in [9.17, 15) is 8.78 Å². The summed E-state index contributed by atoms with van der Waals surface area (Å²) in [7, 11) is 0. The molecule has 0 bridgehead atoms. The van der Waals surface area contributed by atoms with E-state index in [1.807, 2.05) is 6.07 Å². The van der Waals surface area contributed by atoms with E-state index >= 15 is 0 Å². The van der Waals surface area contributed by atoms with Crippen LogP contribution in [0, 0.1) is 11.6 Å². The van der Waals surface area contributed by atoms with Crippen molar-refractivity contribution in [1.82, 2.24) is 4.98 Å². The maximum absolute atomic E-state index is 13.0. The quantitative estimate of drug-likeness (QED) is 0.582. The first-order chi connectivity index (χ1) is 10.1. The van der Waals surface area contributed by atoms with Gasteiger partial charge in [0, 0.05) is 17.3 Å². The van der Waals surface area contributed by atoms with Crippen LogP contribution in [0.3, 0.4) is 0 Å². The van der Waals surface area contributed by atoms with Gasteiger partial charge in [-0.15, -0.1) is 0 Å². The Morgan fingerprint density at radius 1 is 0.714 bits per heavy atom. The summed E-state index contributed by atoms with van der Waals surface area (Å²) in [6, 6.07) is 14.0. The van der Waals surface area contributed by atoms with Crippen molar-refractivity contribution >= 4 is 11.6 Å². The normalized spacial score (nSPS) is 10.6. The number of pyridine rings is 1. The second-order valence-corrected chi connectivity index (χ2v) is 4.93. The molecule has 0 saturated carbocycles. The first-order valence-electron chi connectivity index (χ1n) is 6.31. The van der Waals surface area contributed by atoms with Crippen molar-refractivity contribution in [2.75, 3.05) is 0 Å². The van der Waals surface area contributed by atoms with Crippen LogP contribution >= 0.6 is 11.6 Å². The summed E-state index contributed by atoms with van der Waals surface area (Å²) in [5.74, 6) is -0.600. The lowest BCUT2D eigenvalue weighted by molar-refractivity contribution is 0.627. The number of hydrogen-bond acceptors (Lipinski definition) is 1. The Morgan fingerprint density at radius 3 is 1.81 bits per heavy atom. The van der Waals surface area contributed by atoms with Crippen molar-refractivity contribution in [1.29, 1.82) is 0 Å². The van der Waals surface area contributed by atoms with E-state index < -0.39 is 0 Å². The largest absolute Gasteiger partial charge is 0.243 e.